The van der Waals surface area contributed by atoms with Crippen molar-refractivity contribution in [2.75, 3.05) is 4.72 Å². The molecule has 1 aromatic heterocycles. The largest absolute Gasteiger partial charge is 0.334 e. The second-order valence-corrected chi connectivity index (χ2v) is 6.05. The molecule has 3 N–H and O–H groups in total. The number of sulfonamides is 1. The Balaban J connectivity index is 2.30. The van der Waals surface area contributed by atoms with Crippen molar-refractivity contribution in [1.82, 2.24) is 9.55 Å². The van der Waals surface area contributed by atoms with Crippen LogP contribution in [0.1, 0.15) is 18.3 Å². The Hall–Kier alpha value is -1.86. The van der Waals surface area contributed by atoms with Gasteiger partial charge in [0, 0.05) is 25.0 Å². The van der Waals surface area contributed by atoms with Gasteiger partial charge in [0.1, 0.15) is 5.82 Å². The van der Waals surface area contributed by atoms with E-state index in [1.807, 2.05) is 13.0 Å². The molecule has 108 valence electrons. The first-order valence-corrected chi connectivity index (χ1v) is 7.80. The zero-order valence-electron chi connectivity index (χ0n) is 11.5. The normalized spacial score (nSPS) is 11.6. The molecule has 0 saturated heterocycles. The van der Waals surface area contributed by atoms with Crippen LogP contribution in [0.25, 0.3) is 0 Å². The number of benzene rings is 1. The summed E-state index contributed by atoms with van der Waals surface area (Å²) in [6.07, 6.45) is 1.53. The standard InChI is InChI=1S/C13H18N4O2S/c1-3-17-9-13(15-10(17)2)20(18,19)16-12-6-4-5-11(7-12)8-14/h4-7,9,16H,3,8,14H2,1-2H3. The van der Waals surface area contributed by atoms with Crippen molar-refractivity contribution in [3.05, 3.63) is 41.9 Å². The van der Waals surface area contributed by atoms with Crippen LogP contribution >= 0.6 is 0 Å². The third kappa shape index (κ3) is 3.00. The van der Waals surface area contributed by atoms with Gasteiger partial charge in [0.25, 0.3) is 10.0 Å². The molecule has 0 radical (unpaired) electrons. The van der Waals surface area contributed by atoms with Crippen molar-refractivity contribution in [1.29, 1.82) is 0 Å². The van der Waals surface area contributed by atoms with E-state index >= 15 is 0 Å². The van der Waals surface area contributed by atoms with Gasteiger partial charge in [-0.2, -0.15) is 8.42 Å². The highest BCUT2D eigenvalue weighted by Gasteiger charge is 2.19. The summed E-state index contributed by atoms with van der Waals surface area (Å²) in [5.41, 5.74) is 6.89. The van der Waals surface area contributed by atoms with Crippen molar-refractivity contribution in [3.8, 4) is 0 Å². The highest BCUT2D eigenvalue weighted by Crippen LogP contribution is 2.17. The van der Waals surface area contributed by atoms with E-state index in [4.69, 9.17) is 5.73 Å². The van der Waals surface area contributed by atoms with Gasteiger partial charge < -0.3 is 10.3 Å². The summed E-state index contributed by atoms with van der Waals surface area (Å²) < 4.78 is 28.8. The molecule has 0 fully saturated rings. The van der Waals surface area contributed by atoms with Gasteiger partial charge in [0.2, 0.25) is 0 Å². The zero-order chi connectivity index (χ0) is 14.8. The third-order valence-corrected chi connectivity index (χ3v) is 4.24. The number of anilines is 1. The Labute approximate surface area is 118 Å². The average Bonchev–Trinajstić information content (AvgIpc) is 2.80. The zero-order valence-corrected chi connectivity index (χ0v) is 12.3. The number of aromatic nitrogens is 2. The summed E-state index contributed by atoms with van der Waals surface area (Å²) in [5.74, 6) is 0.670. The number of nitrogens with zero attached hydrogens (tertiary/aromatic N) is 2. The van der Waals surface area contributed by atoms with Crippen LogP contribution in [-0.4, -0.2) is 18.0 Å². The first-order chi connectivity index (χ1) is 9.46. The maximum atomic E-state index is 12.3. The maximum Gasteiger partial charge on any atom is 0.280 e. The van der Waals surface area contributed by atoms with Crippen molar-refractivity contribution < 1.29 is 8.42 Å². The Morgan fingerprint density at radius 2 is 2.15 bits per heavy atom. The van der Waals surface area contributed by atoms with Crippen LogP contribution in [0, 0.1) is 6.92 Å². The van der Waals surface area contributed by atoms with Gasteiger partial charge in [-0.1, -0.05) is 12.1 Å². The summed E-state index contributed by atoms with van der Waals surface area (Å²) in [6, 6.07) is 6.99. The molecule has 0 unspecified atom stereocenters. The molecule has 0 saturated carbocycles. The highest BCUT2D eigenvalue weighted by molar-refractivity contribution is 7.92. The second-order valence-electron chi connectivity index (χ2n) is 4.42. The topological polar surface area (TPSA) is 90.0 Å². The number of nitrogens with one attached hydrogen (secondary N) is 1. The third-order valence-electron chi connectivity index (χ3n) is 2.98. The highest BCUT2D eigenvalue weighted by atomic mass is 32.2. The molecule has 2 aromatic rings. The Bertz CT molecular complexity index is 707. The second kappa shape index (κ2) is 5.64. The summed E-state index contributed by atoms with van der Waals surface area (Å²) in [4.78, 5) is 4.08. The molecule has 2 rings (SSSR count). The quantitative estimate of drug-likeness (QED) is 0.873. The molecule has 0 atom stereocenters. The number of nitrogens with two attached hydrogens (primary N) is 1. The van der Waals surface area contributed by atoms with Gasteiger partial charge in [-0.25, -0.2) is 4.98 Å². The predicted octanol–water partition coefficient (Wildman–Crippen LogP) is 1.47. The van der Waals surface area contributed by atoms with Crippen LogP contribution in [0.5, 0.6) is 0 Å². The van der Waals surface area contributed by atoms with Crippen LogP contribution in [-0.2, 0) is 23.1 Å². The van der Waals surface area contributed by atoms with Gasteiger partial charge in [0.15, 0.2) is 5.03 Å². The van der Waals surface area contributed by atoms with E-state index in [1.54, 1.807) is 29.7 Å². The number of aryl methyl sites for hydroxylation is 2. The molecule has 20 heavy (non-hydrogen) atoms. The fraction of sp³-hybridized carbons (Fsp3) is 0.308. The lowest BCUT2D eigenvalue weighted by Gasteiger charge is -2.07. The Morgan fingerprint density at radius 1 is 1.40 bits per heavy atom. The minimum Gasteiger partial charge on any atom is -0.334 e. The van der Waals surface area contributed by atoms with Crippen molar-refractivity contribution >= 4 is 15.7 Å². The first-order valence-electron chi connectivity index (χ1n) is 6.32. The summed E-state index contributed by atoms with van der Waals surface area (Å²) in [7, 11) is -3.67. The lowest BCUT2D eigenvalue weighted by molar-refractivity contribution is 0.598. The van der Waals surface area contributed by atoms with E-state index in [1.165, 1.54) is 6.20 Å². The van der Waals surface area contributed by atoms with Gasteiger partial charge in [-0.05, 0) is 31.5 Å². The van der Waals surface area contributed by atoms with E-state index in [0.29, 0.717) is 24.6 Å². The van der Waals surface area contributed by atoms with Crippen molar-refractivity contribution in [2.45, 2.75) is 32.0 Å². The number of hydrogen-bond acceptors (Lipinski definition) is 4. The molecule has 1 heterocycles. The molecule has 6 nitrogen and oxygen atoms in total. The molecule has 0 aliphatic heterocycles. The van der Waals surface area contributed by atoms with Crippen LogP contribution in [0.3, 0.4) is 0 Å². The maximum absolute atomic E-state index is 12.3. The molecule has 1 aromatic carbocycles. The molecule has 0 aliphatic carbocycles. The van der Waals surface area contributed by atoms with Gasteiger partial charge in [-0.15, -0.1) is 0 Å². The Kier molecular flexibility index (Phi) is 4.10. The van der Waals surface area contributed by atoms with E-state index < -0.39 is 10.0 Å². The number of rotatable bonds is 5. The number of hydrogen-bond donors (Lipinski definition) is 2. The first kappa shape index (κ1) is 14.5. The molecular weight excluding hydrogens is 276 g/mol. The molecule has 7 heteroatoms. The fourth-order valence-electron chi connectivity index (χ4n) is 1.90. The van der Waals surface area contributed by atoms with E-state index in [2.05, 4.69) is 9.71 Å². The van der Waals surface area contributed by atoms with Gasteiger partial charge in [0.05, 0.1) is 0 Å². The minimum absolute atomic E-state index is 0.0231. The molecule has 0 bridgehead atoms. The van der Waals surface area contributed by atoms with Crippen LogP contribution in [0.4, 0.5) is 5.69 Å². The Morgan fingerprint density at radius 3 is 2.75 bits per heavy atom. The fourth-order valence-corrected chi connectivity index (χ4v) is 2.96. The van der Waals surface area contributed by atoms with Crippen molar-refractivity contribution in [3.63, 3.8) is 0 Å². The summed E-state index contributed by atoms with van der Waals surface area (Å²) >= 11 is 0. The monoisotopic (exact) mass is 294 g/mol. The smallest absolute Gasteiger partial charge is 0.280 e. The van der Waals surface area contributed by atoms with E-state index in [9.17, 15) is 8.42 Å². The lowest BCUT2D eigenvalue weighted by atomic mass is 10.2. The van der Waals surface area contributed by atoms with Gasteiger partial charge in [-0.3, -0.25) is 4.72 Å². The molecule has 0 aliphatic rings. The van der Waals surface area contributed by atoms with Crippen LogP contribution in [0.15, 0.2) is 35.5 Å². The summed E-state index contributed by atoms with van der Waals surface area (Å²) in [6.45, 7) is 4.75. The molecular formula is C13H18N4O2S. The minimum atomic E-state index is -3.67. The summed E-state index contributed by atoms with van der Waals surface area (Å²) in [5, 5.41) is 0.0231. The van der Waals surface area contributed by atoms with Crippen LogP contribution < -0.4 is 10.5 Å². The van der Waals surface area contributed by atoms with E-state index in [0.717, 1.165) is 5.56 Å². The lowest BCUT2D eigenvalue weighted by Crippen LogP contribution is -2.13. The number of imidazole rings is 1. The average molecular weight is 294 g/mol. The van der Waals surface area contributed by atoms with Gasteiger partial charge >= 0.3 is 0 Å². The van der Waals surface area contributed by atoms with Crippen LogP contribution in [0.2, 0.25) is 0 Å². The molecule has 0 spiro atoms. The van der Waals surface area contributed by atoms with E-state index in [-0.39, 0.29) is 5.03 Å². The predicted molar refractivity (Wildman–Crippen MR) is 77.8 cm³/mol. The SMILES string of the molecule is CCn1cc(S(=O)(=O)Nc2cccc(CN)c2)nc1C. The van der Waals surface area contributed by atoms with Crippen molar-refractivity contribution in [2.24, 2.45) is 5.73 Å². The molecule has 0 amide bonds.